The summed E-state index contributed by atoms with van der Waals surface area (Å²) in [6, 6.07) is 2.37. The van der Waals surface area contributed by atoms with Gasteiger partial charge < -0.3 is 0 Å². The summed E-state index contributed by atoms with van der Waals surface area (Å²) in [6.45, 7) is -0.0377. The van der Waals surface area contributed by atoms with E-state index in [1.54, 1.807) is 0 Å². The zero-order chi connectivity index (χ0) is 14.8. The molecule has 0 atom stereocenters. The molecule has 0 spiro atoms. The molecule has 20 heavy (non-hydrogen) atoms. The van der Waals surface area contributed by atoms with Crippen LogP contribution in [0.25, 0.3) is 0 Å². The van der Waals surface area contributed by atoms with Gasteiger partial charge in [0.05, 0.1) is 16.0 Å². The van der Waals surface area contributed by atoms with Gasteiger partial charge in [-0.1, -0.05) is 0 Å². The second-order valence-corrected chi connectivity index (χ2v) is 5.57. The fourth-order valence-corrected chi connectivity index (χ4v) is 2.47. The molecule has 0 unspecified atom stereocenters. The van der Waals surface area contributed by atoms with Crippen LogP contribution in [0.5, 0.6) is 0 Å². The van der Waals surface area contributed by atoms with Crippen LogP contribution in [0.3, 0.4) is 0 Å². The molecule has 0 saturated heterocycles. The second kappa shape index (κ2) is 5.35. The molecule has 0 fully saturated rings. The molecule has 10 heteroatoms. The van der Waals surface area contributed by atoms with Crippen LogP contribution in [0.15, 0.2) is 35.5 Å². The number of nitrogens with one attached hydrogen (secondary N) is 2. The number of nitro groups is 1. The molecule has 1 aromatic heterocycles. The third-order valence-electron chi connectivity index (χ3n) is 2.45. The van der Waals surface area contributed by atoms with Gasteiger partial charge in [0.15, 0.2) is 0 Å². The zero-order valence-corrected chi connectivity index (χ0v) is 10.7. The lowest BCUT2D eigenvalue weighted by molar-refractivity contribution is -0.387. The number of rotatable bonds is 5. The maximum Gasteiger partial charge on any atom is 0.306 e. The van der Waals surface area contributed by atoms with Crippen molar-refractivity contribution in [2.24, 2.45) is 0 Å². The Morgan fingerprint density at radius 2 is 2.20 bits per heavy atom. The van der Waals surface area contributed by atoms with Crippen molar-refractivity contribution in [3.8, 4) is 0 Å². The highest BCUT2D eigenvalue weighted by Crippen LogP contribution is 2.21. The summed E-state index contributed by atoms with van der Waals surface area (Å²) in [5, 5.41) is 16.7. The Balaban J connectivity index is 2.25. The minimum Gasteiger partial charge on any atom is -0.285 e. The van der Waals surface area contributed by atoms with Crippen LogP contribution in [0.2, 0.25) is 0 Å². The number of halogens is 1. The summed E-state index contributed by atoms with van der Waals surface area (Å²) in [4.78, 5) is 9.22. The number of sulfonamides is 1. The summed E-state index contributed by atoms with van der Waals surface area (Å²) in [7, 11) is -3.97. The highest BCUT2D eigenvalue weighted by Gasteiger charge is 2.21. The van der Waals surface area contributed by atoms with E-state index in [0.29, 0.717) is 11.6 Å². The van der Waals surface area contributed by atoms with Gasteiger partial charge in [-0.2, -0.15) is 9.49 Å². The minimum atomic E-state index is -3.97. The van der Waals surface area contributed by atoms with E-state index in [9.17, 15) is 22.9 Å². The van der Waals surface area contributed by atoms with Crippen molar-refractivity contribution >= 4 is 15.7 Å². The number of nitro benzene ring substituents is 1. The Bertz CT molecular complexity index is 730. The van der Waals surface area contributed by atoms with Crippen LogP contribution >= 0.6 is 0 Å². The average Bonchev–Trinajstić information content (AvgIpc) is 2.89. The van der Waals surface area contributed by atoms with Gasteiger partial charge in [0.1, 0.15) is 0 Å². The predicted molar refractivity (Wildman–Crippen MR) is 65.7 cm³/mol. The van der Waals surface area contributed by atoms with Crippen LogP contribution in [0.4, 0.5) is 10.1 Å². The molecule has 106 valence electrons. The molecule has 0 aliphatic heterocycles. The molecule has 0 amide bonds. The monoisotopic (exact) mass is 300 g/mol. The smallest absolute Gasteiger partial charge is 0.285 e. The minimum absolute atomic E-state index is 0.0377. The van der Waals surface area contributed by atoms with Gasteiger partial charge in [-0.05, 0) is 12.1 Å². The molecule has 2 N–H and O–H groups in total. The van der Waals surface area contributed by atoms with Crippen LogP contribution < -0.4 is 4.72 Å². The van der Waals surface area contributed by atoms with Crippen LogP contribution in [0.1, 0.15) is 5.56 Å². The van der Waals surface area contributed by atoms with Gasteiger partial charge in [-0.15, -0.1) is 0 Å². The van der Waals surface area contributed by atoms with Crippen LogP contribution in [-0.4, -0.2) is 23.5 Å². The lowest BCUT2D eigenvalue weighted by atomic mass is 10.3. The highest BCUT2D eigenvalue weighted by atomic mass is 32.2. The lowest BCUT2D eigenvalue weighted by Crippen LogP contribution is -2.23. The van der Waals surface area contributed by atoms with Gasteiger partial charge in [0, 0.05) is 24.4 Å². The Morgan fingerprint density at radius 1 is 1.45 bits per heavy atom. The molecule has 0 bridgehead atoms. The zero-order valence-electron chi connectivity index (χ0n) is 9.91. The van der Waals surface area contributed by atoms with Gasteiger partial charge in [-0.25, -0.2) is 13.1 Å². The van der Waals surface area contributed by atoms with Gasteiger partial charge >= 0.3 is 5.69 Å². The van der Waals surface area contributed by atoms with Crippen LogP contribution in [-0.2, 0) is 16.6 Å². The Kier molecular flexibility index (Phi) is 3.77. The third kappa shape index (κ3) is 2.97. The molecule has 2 rings (SSSR count). The molecule has 0 aliphatic carbocycles. The number of aromatic amines is 1. The van der Waals surface area contributed by atoms with E-state index >= 15 is 0 Å². The number of benzene rings is 1. The molecule has 1 aromatic carbocycles. The van der Waals surface area contributed by atoms with Crippen molar-refractivity contribution in [1.29, 1.82) is 0 Å². The molecule has 0 radical (unpaired) electrons. The van der Waals surface area contributed by atoms with E-state index in [2.05, 4.69) is 14.9 Å². The highest BCUT2D eigenvalue weighted by molar-refractivity contribution is 7.89. The SMILES string of the molecule is O=[N+]([O-])c1cc(S(=O)(=O)NCc2cn[nH]c2)ccc1F. The lowest BCUT2D eigenvalue weighted by Gasteiger charge is -2.05. The average molecular weight is 300 g/mol. The first-order valence-corrected chi connectivity index (χ1v) is 6.80. The molecular formula is C10H9FN4O4S. The van der Waals surface area contributed by atoms with E-state index in [0.717, 1.165) is 12.1 Å². The van der Waals surface area contributed by atoms with E-state index < -0.39 is 26.5 Å². The number of hydrogen-bond donors (Lipinski definition) is 2. The predicted octanol–water partition coefficient (Wildman–Crippen LogP) is 0.935. The second-order valence-electron chi connectivity index (χ2n) is 3.80. The van der Waals surface area contributed by atoms with Crippen LogP contribution in [0, 0.1) is 15.9 Å². The van der Waals surface area contributed by atoms with Crippen molar-refractivity contribution in [3.05, 3.63) is 52.1 Å². The van der Waals surface area contributed by atoms with Gasteiger partial charge in [0.2, 0.25) is 15.8 Å². The Morgan fingerprint density at radius 3 is 2.80 bits per heavy atom. The number of hydrogen-bond acceptors (Lipinski definition) is 5. The fourth-order valence-electron chi connectivity index (χ4n) is 1.44. The quantitative estimate of drug-likeness (QED) is 0.629. The molecule has 2 aromatic rings. The normalized spacial score (nSPS) is 11.4. The third-order valence-corrected chi connectivity index (χ3v) is 3.84. The van der Waals surface area contributed by atoms with Crippen molar-refractivity contribution in [2.45, 2.75) is 11.4 Å². The van der Waals surface area contributed by atoms with Crippen molar-refractivity contribution < 1.29 is 17.7 Å². The van der Waals surface area contributed by atoms with E-state index in [1.807, 2.05) is 0 Å². The summed E-state index contributed by atoms with van der Waals surface area (Å²) in [6.07, 6.45) is 2.92. The Labute approximate surface area is 112 Å². The van der Waals surface area contributed by atoms with E-state index in [4.69, 9.17) is 0 Å². The summed E-state index contributed by atoms with van der Waals surface area (Å²) in [5.41, 5.74) is -0.304. The maximum absolute atomic E-state index is 13.1. The first kappa shape index (κ1) is 14.1. The molecule has 8 nitrogen and oxygen atoms in total. The van der Waals surface area contributed by atoms with E-state index in [-0.39, 0.29) is 11.4 Å². The van der Waals surface area contributed by atoms with Crippen molar-refractivity contribution in [2.75, 3.05) is 0 Å². The number of aromatic nitrogens is 2. The first-order chi connectivity index (χ1) is 9.40. The summed E-state index contributed by atoms with van der Waals surface area (Å²) < 4.78 is 39.2. The number of H-pyrrole nitrogens is 1. The molecule has 0 saturated carbocycles. The van der Waals surface area contributed by atoms with Crippen molar-refractivity contribution in [3.63, 3.8) is 0 Å². The largest absolute Gasteiger partial charge is 0.306 e. The topological polar surface area (TPSA) is 118 Å². The Hall–Kier alpha value is -2.33. The van der Waals surface area contributed by atoms with Gasteiger partial charge in [-0.3, -0.25) is 15.2 Å². The standard InChI is InChI=1S/C10H9FN4O4S/c11-9-2-1-8(3-10(9)15(16)17)20(18,19)14-6-7-4-12-13-5-7/h1-5,14H,6H2,(H,12,13). The number of nitrogens with zero attached hydrogens (tertiary/aromatic N) is 2. The first-order valence-electron chi connectivity index (χ1n) is 5.31. The maximum atomic E-state index is 13.1. The summed E-state index contributed by atoms with van der Waals surface area (Å²) in [5.74, 6) is -1.09. The van der Waals surface area contributed by atoms with E-state index in [1.165, 1.54) is 12.4 Å². The molecular weight excluding hydrogens is 291 g/mol. The van der Waals surface area contributed by atoms with Crippen molar-refractivity contribution in [1.82, 2.24) is 14.9 Å². The summed E-state index contributed by atoms with van der Waals surface area (Å²) >= 11 is 0. The molecule has 1 heterocycles. The van der Waals surface area contributed by atoms with Gasteiger partial charge in [0.25, 0.3) is 0 Å². The fraction of sp³-hybridized carbons (Fsp3) is 0.100. The molecule has 0 aliphatic rings.